The van der Waals surface area contributed by atoms with Crippen molar-refractivity contribution in [1.82, 2.24) is 0 Å². The quantitative estimate of drug-likeness (QED) is 0.726. The van der Waals surface area contributed by atoms with Gasteiger partial charge in [-0.1, -0.05) is 16.6 Å². The highest BCUT2D eigenvalue weighted by Crippen LogP contribution is 2.17. The molecule has 90 valence electrons. The third-order valence-electron chi connectivity index (χ3n) is 2.79. The van der Waals surface area contributed by atoms with Crippen LogP contribution in [0.3, 0.4) is 0 Å². The molecule has 0 N–H and O–H groups in total. The molecule has 0 aliphatic carbocycles. The summed E-state index contributed by atoms with van der Waals surface area (Å²) in [6.45, 7) is 6.51. The van der Waals surface area contributed by atoms with E-state index in [-0.39, 0.29) is 5.91 Å². The topological polar surface area (TPSA) is 29.5 Å². The lowest BCUT2D eigenvalue weighted by Crippen LogP contribution is -2.32. The molecule has 0 saturated heterocycles. The normalized spacial score (nSPS) is 10.4. The second-order valence-electron chi connectivity index (χ2n) is 4.16. The number of aryl methyl sites for hydroxylation is 2. The van der Waals surface area contributed by atoms with Crippen molar-refractivity contribution in [2.45, 2.75) is 20.8 Å². The number of carbonyl (C=O) groups excluding carboxylic acids is 1. The Bertz CT molecular complexity index is 395. The molecule has 0 bridgehead atoms. The first kappa shape index (κ1) is 13.8. The number of carbonyl (C=O) groups is 1. The fourth-order valence-corrected chi connectivity index (χ4v) is 1.76. The average Bonchev–Trinajstić information content (AvgIpc) is 2.25. The summed E-state index contributed by atoms with van der Waals surface area (Å²) in [5, 5.41) is 0. The minimum Gasteiger partial charge on any atom is -0.383 e. The summed E-state index contributed by atoms with van der Waals surface area (Å²) in [6.07, 6.45) is 0. The van der Waals surface area contributed by atoms with E-state index in [0.717, 1.165) is 22.3 Å². The third kappa shape index (κ3) is 3.33. The Morgan fingerprint density at radius 1 is 1.35 bits per heavy atom. The number of hydrogen-bond donors (Lipinski definition) is 0. The lowest BCUT2D eigenvalue weighted by atomic mass is 9.86. The molecule has 4 heteroatoms. The predicted molar refractivity (Wildman–Crippen MR) is 71.2 cm³/mol. The van der Waals surface area contributed by atoms with Crippen molar-refractivity contribution in [2.24, 2.45) is 0 Å². The van der Waals surface area contributed by atoms with Crippen molar-refractivity contribution >= 4 is 24.9 Å². The average molecular weight is 231 g/mol. The van der Waals surface area contributed by atoms with Gasteiger partial charge in [-0.25, -0.2) is 0 Å². The molecule has 0 atom stereocenters. The summed E-state index contributed by atoms with van der Waals surface area (Å²) in [5.41, 5.74) is 3.63. The molecule has 0 aliphatic heterocycles. The van der Waals surface area contributed by atoms with Gasteiger partial charge >= 0.3 is 0 Å². The van der Waals surface area contributed by atoms with Crippen molar-refractivity contribution in [3.63, 3.8) is 0 Å². The molecule has 17 heavy (non-hydrogen) atoms. The van der Waals surface area contributed by atoms with Crippen molar-refractivity contribution in [3.05, 3.63) is 23.3 Å². The standard InChI is InChI=1S/C13H18BNO2/c1-9-7-12(8-10(2)13(9)14)15(11(3)16)5-6-17-4/h7-8H,5-6H2,1-4H3. The molecule has 0 spiro atoms. The molecule has 1 rings (SSSR count). The molecule has 0 fully saturated rings. The molecular formula is C13H18BNO2. The van der Waals surface area contributed by atoms with E-state index in [1.807, 2.05) is 26.0 Å². The van der Waals surface area contributed by atoms with Gasteiger partial charge < -0.3 is 9.64 Å². The first-order valence-corrected chi connectivity index (χ1v) is 5.61. The smallest absolute Gasteiger partial charge is 0.223 e. The number of methoxy groups -OCH3 is 1. The summed E-state index contributed by atoms with van der Waals surface area (Å²) in [6, 6.07) is 3.86. The van der Waals surface area contributed by atoms with Gasteiger partial charge in [0.1, 0.15) is 7.85 Å². The minimum absolute atomic E-state index is 0.00521. The van der Waals surface area contributed by atoms with E-state index in [0.29, 0.717) is 13.2 Å². The summed E-state index contributed by atoms with van der Waals surface area (Å²) in [4.78, 5) is 13.3. The molecular weight excluding hydrogens is 213 g/mol. The number of hydrogen-bond acceptors (Lipinski definition) is 2. The van der Waals surface area contributed by atoms with E-state index in [1.54, 1.807) is 18.9 Å². The van der Waals surface area contributed by atoms with Crippen molar-refractivity contribution < 1.29 is 9.53 Å². The van der Waals surface area contributed by atoms with Crippen LogP contribution in [0.15, 0.2) is 12.1 Å². The molecule has 3 nitrogen and oxygen atoms in total. The van der Waals surface area contributed by atoms with E-state index in [2.05, 4.69) is 0 Å². The minimum atomic E-state index is 0.00521. The van der Waals surface area contributed by atoms with E-state index < -0.39 is 0 Å². The van der Waals surface area contributed by atoms with E-state index >= 15 is 0 Å². The molecule has 2 radical (unpaired) electrons. The fourth-order valence-electron chi connectivity index (χ4n) is 1.76. The highest BCUT2D eigenvalue weighted by atomic mass is 16.5. The Labute approximate surface area is 104 Å². The fraction of sp³-hybridized carbons (Fsp3) is 0.462. The Hall–Kier alpha value is -1.29. The molecule has 0 unspecified atom stereocenters. The first-order valence-electron chi connectivity index (χ1n) is 5.61. The zero-order valence-corrected chi connectivity index (χ0v) is 10.9. The van der Waals surface area contributed by atoms with Crippen LogP contribution in [0.4, 0.5) is 5.69 Å². The summed E-state index contributed by atoms with van der Waals surface area (Å²) < 4.78 is 5.01. The predicted octanol–water partition coefficient (Wildman–Crippen LogP) is 1.10. The number of ether oxygens (including phenoxy) is 1. The molecule has 1 aromatic rings. The van der Waals surface area contributed by atoms with Crippen LogP contribution >= 0.6 is 0 Å². The molecule has 0 heterocycles. The van der Waals surface area contributed by atoms with Gasteiger partial charge in [0.05, 0.1) is 6.61 Å². The van der Waals surface area contributed by atoms with Crippen molar-refractivity contribution in [1.29, 1.82) is 0 Å². The van der Waals surface area contributed by atoms with Crippen LogP contribution in [0.5, 0.6) is 0 Å². The highest BCUT2D eigenvalue weighted by molar-refractivity contribution is 6.34. The van der Waals surface area contributed by atoms with Gasteiger partial charge in [-0.2, -0.15) is 0 Å². The number of amides is 1. The largest absolute Gasteiger partial charge is 0.383 e. The summed E-state index contributed by atoms with van der Waals surface area (Å²) >= 11 is 0. The van der Waals surface area contributed by atoms with Crippen LogP contribution in [-0.2, 0) is 9.53 Å². The Morgan fingerprint density at radius 2 is 1.88 bits per heavy atom. The number of rotatable bonds is 4. The van der Waals surface area contributed by atoms with E-state index in [1.165, 1.54) is 0 Å². The maximum atomic E-state index is 11.6. The Balaban J connectivity index is 3.06. The van der Waals surface area contributed by atoms with Crippen LogP contribution in [0.25, 0.3) is 0 Å². The Kier molecular flexibility index (Phi) is 4.76. The number of benzene rings is 1. The second-order valence-corrected chi connectivity index (χ2v) is 4.16. The van der Waals surface area contributed by atoms with E-state index in [4.69, 9.17) is 12.6 Å². The van der Waals surface area contributed by atoms with Gasteiger partial charge in [0, 0.05) is 26.3 Å². The van der Waals surface area contributed by atoms with Gasteiger partial charge in [-0.15, -0.1) is 0 Å². The van der Waals surface area contributed by atoms with Crippen LogP contribution in [0, 0.1) is 13.8 Å². The van der Waals surface area contributed by atoms with Crippen molar-refractivity contribution in [2.75, 3.05) is 25.2 Å². The SMILES string of the molecule is [B]c1c(C)cc(N(CCOC)C(C)=O)cc1C. The van der Waals surface area contributed by atoms with Gasteiger partial charge in [-0.3, -0.25) is 4.79 Å². The number of nitrogens with zero attached hydrogens (tertiary/aromatic N) is 1. The van der Waals surface area contributed by atoms with Crippen LogP contribution < -0.4 is 10.4 Å². The molecule has 1 amide bonds. The summed E-state index contributed by atoms with van der Waals surface area (Å²) in [7, 11) is 7.52. The zero-order valence-electron chi connectivity index (χ0n) is 10.9. The summed E-state index contributed by atoms with van der Waals surface area (Å²) in [5.74, 6) is 0.00521. The van der Waals surface area contributed by atoms with Crippen LogP contribution in [-0.4, -0.2) is 34.0 Å². The lowest BCUT2D eigenvalue weighted by molar-refractivity contribution is -0.116. The van der Waals surface area contributed by atoms with E-state index in [9.17, 15) is 4.79 Å². The molecule has 1 aromatic carbocycles. The third-order valence-corrected chi connectivity index (χ3v) is 2.79. The maximum Gasteiger partial charge on any atom is 0.223 e. The number of anilines is 1. The zero-order chi connectivity index (χ0) is 13.0. The van der Waals surface area contributed by atoms with Gasteiger partial charge in [0.25, 0.3) is 0 Å². The first-order chi connectivity index (χ1) is 7.97. The molecule has 0 saturated carbocycles. The monoisotopic (exact) mass is 231 g/mol. The molecule has 0 aromatic heterocycles. The van der Waals surface area contributed by atoms with Crippen LogP contribution in [0.1, 0.15) is 18.1 Å². The molecule has 0 aliphatic rings. The van der Waals surface area contributed by atoms with Gasteiger partial charge in [0.2, 0.25) is 5.91 Å². The van der Waals surface area contributed by atoms with Gasteiger partial charge in [-0.05, 0) is 26.0 Å². The Morgan fingerprint density at radius 3 is 2.29 bits per heavy atom. The van der Waals surface area contributed by atoms with Crippen LogP contribution in [0.2, 0.25) is 0 Å². The van der Waals surface area contributed by atoms with Crippen molar-refractivity contribution in [3.8, 4) is 0 Å². The lowest BCUT2D eigenvalue weighted by Gasteiger charge is -2.22. The highest BCUT2D eigenvalue weighted by Gasteiger charge is 2.12. The second kappa shape index (κ2) is 5.87. The maximum absolute atomic E-state index is 11.6. The van der Waals surface area contributed by atoms with Gasteiger partial charge in [0.15, 0.2) is 0 Å².